The van der Waals surface area contributed by atoms with Crippen molar-refractivity contribution in [3.63, 3.8) is 0 Å². The second kappa shape index (κ2) is 5.33. The number of anilines is 1. The maximum absolute atomic E-state index is 13.1. The van der Waals surface area contributed by atoms with Crippen molar-refractivity contribution in [3.05, 3.63) is 58.3 Å². The van der Waals surface area contributed by atoms with Gasteiger partial charge in [-0.2, -0.15) is 5.10 Å². The topological polar surface area (TPSA) is 54.7 Å². The average Bonchev–Trinajstić information content (AvgIpc) is 2.84. The van der Waals surface area contributed by atoms with Crippen LogP contribution in [0.1, 0.15) is 5.56 Å². The van der Waals surface area contributed by atoms with E-state index < -0.39 is 0 Å². The van der Waals surface area contributed by atoms with E-state index in [1.807, 2.05) is 25.1 Å². The minimum Gasteiger partial charge on any atom is -0.382 e. The number of aryl methyl sites for hydroxylation is 1. The Morgan fingerprint density at radius 1 is 1.14 bits per heavy atom. The fourth-order valence-corrected chi connectivity index (χ4v) is 2.68. The SMILES string of the molecule is Cc1ccc(Br)cc1-c1[nH]nc(N)c1-c1ccc(F)cc1. The largest absolute Gasteiger partial charge is 0.382 e. The molecule has 3 rings (SSSR count). The Kier molecular flexibility index (Phi) is 3.51. The number of benzene rings is 2. The minimum absolute atomic E-state index is 0.277. The average molecular weight is 346 g/mol. The third-order valence-electron chi connectivity index (χ3n) is 3.40. The number of nitrogens with zero attached hydrogens (tertiary/aromatic N) is 1. The van der Waals surface area contributed by atoms with Crippen LogP contribution >= 0.6 is 15.9 Å². The molecule has 0 aliphatic heterocycles. The summed E-state index contributed by atoms with van der Waals surface area (Å²) >= 11 is 3.48. The summed E-state index contributed by atoms with van der Waals surface area (Å²) in [4.78, 5) is 0. The van der Waals surface area contributed by atoms with Crippen molar-refractivity contribution in [2.75, 3.05) is 5.73 Å². The first-order chi connectivity index (χ1) is 10.1. The molecule has 2 aromatic carbocycles. The molecule has 0 atom stereocenters. The highest BCUT2D eigenvalue weighted by Crippen LogP contribution is 2.37. The predicted octanol–water partition coefficient (Wildman–Crippen LogP) is 4.54. The molecular weight excluding hydrogens is 333 g/mol. The molecule has 0 unspecified atom stereocenters. The summed E-state index contributed by atoms with van der Waals surface area (Å²) in [5, 5.41) is 7.09. The maximum atomic E-state index is 13.1. The van der Waals surface area contributed by atoms with Crippen LogP contribution in [-0.2, 0) is 0 Å². The molecule has 106 valence electrons. The zero-order valence-corrected chi connectivity index (χ0v) is 12.9. The van der Waals surface area contributed by atoms with Crippen molar-refractivity contribution in [2.24, 2.45) is 0 Å². The molecule has 0 saturated carbocycles. The third kappa shape index (κ3) is 2.56. The summed E-state index contributed by atoms with van der Waals surface area (Å²) in [5.74, 6) is 0.122. The van der Waals surface area contributed by atoms with Gasteiger partial charge in [-0.15, -0.1) is 0 Å². The van der Waals surface area contributed by atoms with Crippen LogP contribution in [0, 0.1) is 12.7 Å². The highest BCUT2D eigenvalue weighted by molar-refractivity contribution is 9.10. The predicted molar refractivity (Wildman–Crippen MR) is 86.3 cm³/mol. The quantitative estimate of drug-likeness (QED) is 0.716. The van der Waals surface area contributed by atoms with Gasteiger partial charge in [-0.05, 0) is 42.3 Å². The first kappa shape index (κ1) is 13.8. The van der Waals surface area contributed by atoms with Gasteiger partial charge < -0.3 is 5.73 Å². The van der Waals surface area contributed by atoms with E-state index in [2.05, 4.69) is 26.1 Å². The van der Waals surface area contributed by atoms with E-state index in [4.69, 9.17) is 5.73 Å². The fourth-order valence-electron chi connectivity index (χ4n) is 2.32. The minimum atomic E-state index is -0.277. The van der Waals surface area contributed by atoms with Crippen molar-refractivity contribution in [3.8, 4) is 22.4 Å². The van der Waals surface area contributed by atoms with Crippen molar-refractivity contribution < 1.29 is 4.39 Å². The number of hydrogen-bond donors (Lipinski definition) is 2. The lowest BCUT2D eigenvalue weighted by Crippen LogP contribution is -1.90. The lowest BCUT2D eigenvalue weighted by Gasteiger charge is -2.08. The number of halogens is 2. The van der Waals surface area contributed by atoms with E-state index >= 15 is 0 Å². The fraction of sp³-hybridized carbons (Fsp3) is 0.0625. The van der Waals surface area contributed by atoms with Gasteiger partial charge >= 0.3 is 0 Å². The van der Waals surface area contributed by atoms with Gasteiger partial charge in [0.25, 0.3) is 0 Å². The van der Waals surface area contributed by atoms with Crippen LogP contribution < -0.4 is 5.73 Å². The molecule has 0 spiro atoms. The van der Waals surface area contributed by atoms with Crippen LogP contribution in [0.5, 0.6) is 0 Å². The molecule has 3 aromatic rings. The van der Waals surface area contributed by atoms with Crippen molar-refractivity contribution >= 4 is 21.7 Å². The Hall–Kier alpha value is -2.14. The van der Waals surface area contributed by atoms with Gasteiger partial charge in [0.2, 0.25) is 0 Å². The number of nitrogens with one attached hydrogen (secondary N) is 1. The summed E-state index contributed by atoms with van der Waals surface area (Å²) in [6.07, 6.45) is 0. The second-order valence-electron chi connectivity index (χ2n) is 4.82. The molecule has 0 saturated heterocycles. The normalized spacial score (nSPS) is 10.8. The van der Waals surface area contributed by atoms with Gasteiger partial charge in [-0.1, -0.05) is 34.1 Å². The standard InChI is InChI=1S/C16H13BrFN3/c1-9-2-5-11(17)8-13(9)15-14(16(19)21-20-15)10-3-6-12(18)7-4-10/h2-8H,1H3,(H3,19,20,21). The lowest BCUT2D eigenvalue weighted by molar-refractivity contribution is 0.628. The van der Waals surface area contributed by atoms with E-state index in [0.717, 1.165) is 32.4 Å². The molecule has 0 amide bonds. The van der Waals surface area contributed by atoms with E-state index in [-0.39, 0.29) is 5.82 Å². The van der Waals surface area contributed by atoms with Crippen LogP contribution in [0.2, 0.25) is 0 Å². The summed E-state index contributed by atoms with van der Waals surface area (Å²) in [5.41, 5.74) is 10.5. The van der Waals surface area contributed by atoms with Crippen LogP contribution in [-0.4, -0.2) is 10.2 Å². The van der Waals surface area contributed by atoms with E-state index in [1.54, 1.807) is 12.1 Å². The van der Waals surface area contributed by atoms with Crippen molar-refractivity contribution in [2.45, 2.75) is 6.92 Å². The van der Waals surface area contributed by atoms with Gasteiger partial charge in [0.15, 0.2) is 5.82 Å². The van der Waals surface area contributed by atoms with Gasteiger partial charge in [-0.3, -0.25) is 5.10 Å². The molecule has 0 fully saturated rings. The molecule has 0 bridgehead atoms. The maximum Gasteiger partial charge on any atom is 0.153 e. The Bertz CT molecular complexity index is 794. The summed E-state index contributed by atoms with van der Waals surface area (Å²) < 4.78 is 14.1. The summed E-state index contributed by atoms with van der Waals surface area (Å²) in [7, 11) is 0. The molecule has 1 heterocycles. The molecule has 3 nitrogen and oxygen atoms in total. The smallest absolute Gasteiger partial charge is 0.153 e. The van der Waals surface area contributed by atoms with Crippen molar-refractivity contribution in [1.29, 1.82) is 0 Å². The Balaban J connectivity index is 2.21. The number of aromatic amines is 1. The third-order valence-corrected chi connectivity index (χ3v) is 3.89. The van der Waals surface area contributed by atoms with Crippen molar-refractivity contribution in [1.82, 2.24) is 10.2 Å². The molecule has 0 radical (unpaired) electrons. The first-order valence-electron chi connectivity index (χ1n) is 6.42. The van der Waals surface area contributed by atoms with Gasteiger partial charge in [0, 0.05) is 10.0 Å². The first-order valence-corrected chi connectivity index (χ1v) is 7.22. The highest BCUT2D eigenvalue weighted by atomic mass is 79.9. The molecule has 1 aromatic heterocycles. The second-order valence-corrected chi connectivity index (χ2v) is 5.74. The highest BCUT2D eigenvalue weighted by Gasteiger charge is 2.16. The Labute approximate surface area is 130 Å². The monoisotopic (exact) mass is 345 g/mol. The van der Waals surface area contributed by atoms with Gasteiger partial charge in [-0.25, -0.2) is 4.39 Å². The number of H-pyrrole nitrogens is 1. The number of hydrogen-bond acceptors (Lipinski definition) is 2. The molecular formula is C16H13BrFN3. The molecule has 0 aliphatic rings. The summed E-state index contributed by atoms with van der Waals surface area (Å²) in [6.45, 7) is 2.02. The molecule has 0 aliphatic carbocycles. The van der Waals surface area contributed by atoms with Gasteiger partial charge in [0.1, 0.15) is 5.82 Å². The Morgan fingerprint density at radius 3 is 2.57 bits per heavy atom. The van der Waals surface area contributed by atoms with E-state index in [9.17, 15) is 4.39 Å². The molecule has 3 N–H and O–H groups in total. The number of rotatable bonds is 2. The zero-order valence-electron chi connectivity index (χ0n) is 11.3. The summed E-state index contributed by atoms with van der Waals surface area (Å²) in [6, 6.07) is 12.2. The van der Waals surface area contributed by atoms with Crippen LogP contribution in [0.25, 0.3) is 22.4 Å². The number of nitrogens with two attached hydrogens (primary N) is 1. The van der Waals surface area contributed by atoms with E-state index in [0.29, 0.717) is 5.82 Å². The number of nitrogen functional groups attached to an aromatic ring is 1. The van der Waals surface area contributed by atoms with Crippen LogP contribution in [0.15, 0.2) is 46.9 Å². The lowest BCUT2D eigenvalue weighted by atomic mass is 9.98. The molecule has 5 heteroatoms. The van der Waals surface area contributed by atoms with E-state index in [1.165, 1.54) is 12.1 Å². The van der Waals surface area contributed by atoms with Gasteiger partial charge in [0.05, 0.1) is 11.3 Å². The van der Waals surface area contributed by atoms with Crippen LogP contribution in [0.3, 0.4) is 0 Å². The number of aromatic nitrogens is 2. The molecule has 21 heavy (non-hydrogen) atoms. The van der Waals surface area contributed by atoms with Crippen LogP contribution in [0.4, 0.5) is 10.2 Å². The Morgan fingerprint density at radius 2 is 1.86 bits per heavy atom. The zero-order chi connectivity index (χ0) is 15.0.